The van der Waals surface area contributed by atoms with Gasteiger partial charge in [-0.2, -0.15) is 0 Å². The maximum Gasteiger partial charge on any atom is 0.157 e. The summed E-state index contributed by atoms with van der Waals surface area (Å²) in [5, 5.41) is 18.7. The number of hydrogen-bond donors (Lipinski definition) is 3. The number of benzene rings is 1. The Bertz CT molecular complexity index is 463. The van der Waals surface area contributed by atoms with Crippen molar-refractivity contribution in [3.8, 4) is 11.5 Å². The highest BCUT2D eigenvalue weighted by Crippen LogP contribution is 2.34. The number of nitrogens with two attached hydrogens (primary N) is 1. The van der Waals surface area contributed by atoms with Crippen LogP contribution in [0.2, 0.25) is 0 Å². The molecule has 4 nitrogen and oxygen atoms in total. The molecule has 0 heterocycles. The van der Waals surface area contributed by atoms with E-state index in [1.54, 1.807) is 6.07 Å². The number of hydrogen-bond acceptors (Lipinski definition) is 4. The van der Waals surface area contributed by atoms with Crippen LogP contribution in [0.15, 0.2) is 18.2 Å². The predicted molar refractivity (Wildman–Crippen MR) is 70.5 cm³/mol. The molecule has 0 fully saturated rings. The Morgan fingerprint density at radius 3 is 2.17 bits per heavy atom. The Hall–Kier alpha value is -1.55. The van der Waals surface area contributed by atoms with Gasteiger partial charge in [-0.1, -0.05) is 26.8 Å². The van der Waals surface area contributed by atoms with Crippen LogP contribution < -0.4 is 5.73 Å². The zero-order valence-corrected chi connectivity index (χ0v) is 11.3. The molecule has 1 atom stereocenters. The fourth-order valence-corrected chi connectivity index (χ4v) is 1.92. The lowest BCUT2D eigenvalue weighted by Gasteiger charge is -2.39. The minimum absolute atomic E-state index is 0.0948. The summed E-state index contributed by atoms with van der Waals surface area (Å²) in [6.07, 6.45) is 0.319. The molecule has 0 saturated heterocycles. The number of carbonyl (C=O) groups is 1. The first kappa shape index (κ1) is 14.5. The molecule has 0 spiro atoms. The molecule has 1 aromatic carbocycles. The molecule has 1 rings (SSSR count). The van der Waals surface area contributed by atoms with Crippen LogP contribution >= 0.6 is 0 Å². The summed E-state index contributed by atoms with van der Waals surface area (Å²) in [5.74, 6) is -0.477. The van der Waals surface area contributed by atoms with Gasteiger partial charge in [-0.05, 0) is 36.5 Å². The SMILES string of the molecule is CC(=O)C(N)(Cc1ccc(O)c(O)c1)C(C)(C)C. The quantitative estimate of drug-likeness (QED) is 0.717. The van der Waals surface area contributed by atoms with E-state index in [9.17, 15) is 15.0 Å². The lowest BCUT2D eigenvalue weighted by atomic mass is 9.69. The average Bonchev–Trinajstić information content (AvgIpc) is 2.21. The monoisotopic (exact) mass is 251 g/mol. The standard InChI is InChI=1S/C14H21NO3/c1-9(16)14(15,13(2,3)4)8-10-5-6-11(17)12(18)7-10/h5-7,17-18H,8,15H2,1-4H3. The van der Waals surface area contributed by atoms with Crippen molar-refractivity contribution in [2.45, 2.75) is 39.7 Å². The van der Waals surface area contributed by atoms with Gasteiger partial charge in [0.05, 0.1) is 5.54 Å². The van der Waals surface area contributed by atoms with Crippen molar-refractivity contribution >= 4 is 5.78 Å². The number of carbonyl (C=O) groups excluding carboxylic acids is 1. The first-order valence-electron chi connectivity index (χ1n) is 5.89. The van der Waals surface area contributed by atoms with Crippen molar-refractivity contribution in [3.05, 3.63) is 23.8 Å². The molecule has 0 saturated carbocycles. The van der Waals surface area contributed by atoms with E-state index < -0.39 is 11.0 Å². The zero-order chi connectivity index (χ0) is 14.1. The first-order chi connectivity index (χ1) is 8.08. The highest BCUT2D eigenvalue weighted by atomic mass is 16.3. The molecule has 0 aliphatic carbocycles. The minimum atomic E-state index is -1.00. The second-order valence-electron chi connectivity index (χ2n) is 5.78. The molecule has 0 aliphatic heterocycles. The Balaban J connectivity index is 3.12. The molecular formula is C14H21NO3. The summed E-state index contributed by atoms with van der Waals surface area (Å²) in [6.45, 7) is 7.21. The molecule has 4 heteroatoms. The number of Topliss-reactive ketones (excluding diaryl/α,β-unsaturated/α-hetero) is 1. The third kappa shape index (κ3) is 2.64. The van der Waals surface area contributed by atoms with Gasteiger partial charge in [-0.25, -0.2) is 0 Å². The third-order valence-electron chi connectivity index (χ3n) is 3.49. The maximum atomic E-state index is 11.8. The van der Waals surface area contributed by atoms with Crippen LogP contribution in [0.25, 0.3) is 0 Å². The highest BCUT2D eigenvalue weighted by molar-refractivity contribution is 5.87. The summed E-state index contributed by atoms with van der Waals surface area (Å²) in [6, 6.07) is 4.49. The van der Waals surface area contributed by atoms with E-state index in [-0.39, 0.29) is 17.3 Å². The molecule has 1 unspecified atom stereocenters. The van der Waals surface area contributed by atoms with Gasteiger partial charge in [0, 0.05) is 0 Å². The van der Waals surface area contributed by atoms with Crippen LogP contribution in [0.4, 0.5) is 0 Å². The van der Waals surface area contributed by atoms with Crippen molar-refractivity contribution in [1.29, 1.82) is 0 Å². The lowest BCUT2D eigenvalue weighted by molar-refractivity contribution is -0.125. The van der Waals surface area contributed by atoms with Gasteiger partial charge in [0.2, 0.25) is 0 Å². The summed E-state index contributed by atoms with van der Waals surface area (Å²) < 4.78 is 0. The Kier molecular flexibility index (Phi) is 3.72. The minimum Gasteiger partial charge on any atom is -0.504 e. The summed E-state index contributed by atoms with van der Waals surface area (Å²) in [4.78, 5) is 11.8. The molecule has 0 amide bonds. The van der Waals surface area contributed by atoms with E-state index in [4.69, 9.17) is 5.73 Å². The van der Waals surface area contributed by atoms with Crippen LogP contribution in [-0.2, 0) is 11.2 Å². The van der Waals surface area contributed by atoms with Gasteiger partial charge in [-0.3, -0.25) is 4.79 Å². The van der Waals surface area contributed by atoms with Crippen molar-refractivity contribution in [2.75, 3.05) is 0 Å². The van der Waals surface area contributed by atoms with Gasteiger partial charge in [0.15, 0.2) is 11.5 Å². The number of phenolic OH excluding ortho intramolecular Hbond substituents is 2. The van der Waals surface area contributed by atoms with Gasteiger partial charge in [0.1, 0.15) is 5.78 Å². The molecule has 100 valence electrons. The number of phenols is 2. The molecule has 0 aliphatic rings. The maximum absolute atomic E-state index is 11.8. The molecule has 0 aromatic heterocycles. The van der Waals surface area contributed by atoms with Crippen molar-refractivity contribution in [2.24, 2.45) is 11.1 Å². The average molecular weight is 251 g/mol. The molecule has 4 N–H and O–H groups in total. The zero-order valence-electron chi connectivity index (χ0n) is 11.3. The van der Waals surface area contributed by atoms with Gasteiger partial charge < -0.3 is 15.9 Å². The molecule has 18 heavy (non-hydrogen) atoms. The summed E-state index contributed by atoms with van der Waals surface area (Å²) in [5.41, 5.74) is 5.56. The highest BCUT2D eigenvalue weighted by Gasteiger charge is 2.42. The van der Waals surface area contributed by atoms with Gasteiger partial charge >= 0.3 is 0 Å². The molecule has 1 aromatic rings. The Morgan fingerprint density at radius 1 is 1.22 bits per heavy atom. The van der Waals surface area contributed by atoms with E-state index in [1.165, 1.54) is 19.1 Å². The van der Waals surface area contributed by atoms with Crippen LogP contribution in [0.5, 0.6) is 11.5 Å². The van der Waals surface area contributed by atoms with Gasteiger partial charge in [0.25, 0.3) is 0 Å². The van der Waals surface area contributed by atoms with Crippen molar-refractivity contribution in [3.63, 3.8) is 0 Å². The van der Waals surface area contributed by atoms with E-state index in [1.807, 2.05) is 20.8 Å². The van der Waals surface area contributed by atoms with Crippen LogP contribution in [-0.4, -0.2) is 21.5 Å². The predicted octanol–water partition coefficient (Wildman–Crippen LogP) is 1.97. The second kappa shape index (κ2) is 4.61. The number of aromatic hydroxyl groups is 2. The fourth-order valence-electron chi connectivity index (χ4n) is 1.92. The normalized spacial score (nSPS) is 15.2. The molecule has 0 bridgehead atoms. The third-order valence-corrected chi connectivity index (χ3v) is 3.49. The van der Waals surface area contributed by atoms with Crippen LogP contribution in [0.1, 0.15) is 33.3 Å². The first-order valence-corrected chi connectivity index (χ1v) is 5.89. The van der Waals surface area contributed by atoms with Crippen LogP contribution in [0.3, 0.4) is 0 Å². The lowest BCUT2D eigenvalue weighted by Crippen LogP contribution is -2.58. The largest absolute Gasteiger partial charge is 0.504 e. The molecular weight excluding hydrogens is 230 g/mol. The fraction of sp³-hybridized carbons (Fsp3) is 0.500. The molecule has 0 radical (unpaired) electrons. The number of rotatable bonds is 3. The smallest absolute Gasteiger partial charge is 0.157 e. The second-order valence-corrected chi connectivity index (χ2v) is 5.78. The Morgan fingerprint density at radius 2 is 1.78 bits per heavy atom. The van der Waals surface area contributed by atoms with E-state index in [2.05, 4.69) is 0 Å². The topological polar surface area (TPSA) is 83.6 Å². The summed E-state index contributed by atoms with van der Waals surface area (Å²) >= 11 is 0. The van der Waals surface area contributed by atoms with Crippen molar-refractivity contribution < 1.29 is 15.0 Å². The van der Waals surface area contributed by atoms with E-state index in [0.717, 1.165) is 5.56 Å². The van der Waals surface area contributed by atoms with Gasteiger partial charge in [-0.15, -0.1) is 0 Å². The van der Waals surface area contributed by atoms with Crippen LogP contribution in [0, 0.1) is 5.41 Å². The number of ketones is 1. The summed E-state index contributed by atoms with van der Waals surface area (Å²) in [7, 11) is 0. The van der Waals surface area contributed by atoms with Crippen molar-refractivity contribution in [1.82, 2.24) is 0 Å². The van der Waals surface area contributed by atoms with E-state index in [0.29, 0.717) is 6.42 Å². The van der Waals surface area contributed by atoms with E-state index >= 15 is 0 Å². The Labute approximate surface area is 107 Å².